The van der Waals surface area contributed by atoms with Gasteiger partial charge in [-0.1, -0.05) is 18.2 Å². The topological polar surface area (TPSA) is 75.9 Å². The van der Waals surface area contributed by atoms with Gasteiger partial charge in [-0.3, -0.25) is 4.99 Å². The molecule has 3 aromatic rings. The van der Waals surface area contributed by atoms with E-state index in [0.29, 0.717) is 12.6 Å². The fourth-order valence-electron chi connectivity index (χ4n) is 4.00. The van der Waals surface area contributed by atoms with Crippen molar-refractivity contribution in [1.82, 2.24) is 20.4 Å². The van der Waals surface area contributed by atoms with E-state index in [-0.39, 0.29) is 24.0 Å². The molecule has 1 aliphatic rings. The lowest BCUT2D eigenvalue weighted by molar-refractivity contribution is 0.393. The van der Waals surface area contributed by atoms with E-state index in [0.717, 1.165) is 60.5 Å². The highest BCUT2D eigenvalue weighted by molar-refractivity contribution is 14.0. The van der Waals surface area contributed by atoms with Gasteiger partial charge < -0.3 is 25.0 Å². The van der Waals surface area contributed by atoms with Gasteiger partial charge in [0.2, 0.25) is 0 Å². The van der Waals surface area contributed by atoms with Crippen LogP contribution in [0.15, 0.2) is 65.8 Å². The number of hydrogen-bond donors (Lipinski definition) is 2. The van der Waals surface area contributed by atoms with Crippen LogP contribution in [0, 0.1) is 0 Å². The van der Waals surface area contributed by atoms with Gasteiger partial charge in [-0.15, -0.1) is 24.0 Å². The molecule has 0 saturated carbocycles. The number of piperidine rings is 1. The quantitative estimate of drug-likeness (QED) is 0.253. The molecule has 1 aromatic heterocycles. The van der Waals surface area contributed by atoms with Gasteiger partial charge in [0.1, 0.15) is 11.5 Å². The molecule has 0 radical (unpaired) electrons. The summed E-state index contributed by atoms with van der Waals surface area (Å²) in [5.74, 6) is 2.42. The molecule has 2 N–H and O–H groups in total. The number of aromatic nitrogens is 2. The Morgan fingerprint density at radius 3 is 2.29 bits per heavy atom. The van der Waals surface area contributed by atoms with E-state index in [1.807, 2.05) is 53.3 Å². The third kappa shape index (κ3) is 6.55. The lowest BCUT2D eigenvalue weighted by atomic mass is 10.0. The number of nitrogens with one attached hydrogen (secondary N) is 2. The molecule has 1 aliphatic heterocycles. The van der Waals surface area contributed by atoms with Crippen molar-refractivity contribution in [2.24, 2.45) is 4.99 Å². The second kappa shape index (κ2) is 12.5. The van der Waals surface area contributed by atoms with E-state index in [2.05, 4.69) is 37.8 Å². The molecule has 0 unspecified atom stereocenters. The monoisotopic (exact) mass is 576 g/mol. The number of guanidine groups is 1. The van der Waals surface area contributed by atoms with E-state index in [1.54, 1.807) is 21.3 Å². The predicted molar refractivity (Wildman–Crippen MR) is 147 cm³/mol. The van der Waals surface area contributed by atoms with Gasteiger partial charge in [0.15, 0.2) is 5.96 Å². The first-order chi connectivity index (χ1) is 16.2. The number of benzene rings is 2. The minimum Gasteiger partial charge on any atom is -0.497 e. The lowest BCUT2D eigenvalue weighted by Crippen LogP contribution is -2.48. The molecule has 182 valence electrons. The second-order valence-electron chi connectivity index (χ2n) is 7.99. The molecule has 0 amide bonds. The Kier molecular flexibility index (Phi) is 9.43. The van der Waals surface area contributed by atoms with Gasteiger partial charge in [-0.2, -0.15) is 5.10 Å². The summed E-state index contributed by atoms with van der Waals surface area (Å²) in [5.41, 5.74) is 3.14. The fourth-order valence-corrected chi connectivity index (χ4v) is 4.00. The second-order valence-corrected chi connectivity index (χ2v) is 7.99. The summed E-state index contributed by atoms with van der Waals surface area (Å²) in [7, 11) is 5.16. The Labute approximate surface area is 218 Å². The van der Waals surface area contributed by atoms with E-state index in [9.17, 15) is 0 Å². The maximum Gasteiger partial charge on any atom is 0.191 e. The smallest absolute Gasteiger partial charge is 0.191 e. The number of rotatable bonds is 7. The third-order valence-electron chi connectivity index (χ3n) is 5.86. The van der Waals surface area contributed by atoms with E-state index >= 15 is 0 Å². The highest BCUT2D eigenvalue weighted by Crippen LogP contribution is 2.30. The standard InChI is InChI=1S/C25H32N6O2.HI/c1-26-25(27-18-20-11-14-31(29-20)21-7-5-4-6-8-21)28-19-9-12-30(13-10-19)22-15-23(32-2)17-24(16-22)33-3;/h4-8,11,14-17,19H,9-10,12-13,18H2,1-3H3,(H2,26,27,28);1H. The molecule has 2 heterocycles. The van der Waals surface area contributed by atoms with Crippen molar-refractivity contribution < 1.29 is 9.47 Å². The summed E-state index contributed by atoms with van der Waals surface area (Å²) in [4.78, 5) is 6.77. The molecular formula is C25H33IN6O2. The average Bonchev–Trinajstić information content (AvgIpc) is 3.36. The van der Waals surface area contributed by atoms with Crippen LogP contribution in [0.3, 0.4) is 0 Å². The van der Waals surface area contributed by atoms with Crippen LogP contribution in [0.5, 0.6) is 11.5 Å². The first kappa shape index (κ1) is 25.7. The normalized spacial score (nSPS) is 14.3. The molecule has 4 rings (SSSR count). The number of methoxy groups -OCH3 is 2. The summed E-state index contributed by atoms with van der Waals surface area (Å²) < 4.78 is 12.7. The van der Waals surface area contributed by atoms with Crippen LogP contribution in [-0.2, 0) is 6.54 Å². The summed E-state index contributed by atoms with van der Waals surface area (Å²) in [6.45, 7) is 2.51. The Morgan fingerprint density at radius 2 is 1.68 bits per heavy atom. The zero-order valence-corrected chi connectivity index (χ0v) is 22.2. The maximum absolute atomic E-state index is 5.42. The number of hydrogen-bond acceptors (Lipinski definition) is 5. The largest absolute Gasteiger partial charge is 0.497 e. The van der Waals surface area contributed by atoms with Crippen LogP contribution in [0.2, 0.25) is 0 Å². The molecule has 0 atom stereocenters. The number of aliphatic imine (C=N–C) groups is 1. The van der Waals surface area contributed by atoms with Crippen LogP contribution in [0.4, 0.5) is 5.69 Å². The summed E-state index contributed by atoms with van der Waals surface area (Å²) >= 11 is 0. The Bertz CT molecular complexity index is 1040. The third-order valence-corrected chi connectivity index (χ3v) is 5.86. The van der Waals surface area contributed by atoms with Crippen molar-refractivity contribution in [3.63, 3.8) is 0 Å². The zero-order chi connectivity index (χ0) is 23.0. The SMILES string of the molecule is CN=C(NCc1ccn(-c2ccccc2)n1)NC1CCN(c2cc(OC)cc(OC)c2)CC1.I. The predicted octanol–water partition coefficient (Wildman–Crippen LogP) is 3.84. The van der Waals surface area contributed by atoms with Crippen molar-refractivity contribution in [1.29, 1.82) is 0 Å². The van der Waals surface area contributed by atoms with Crippen LogP contribution in [0.25, 0.3) is 5.69 Å². The molecule has 0 bridgehead atoms. The Morgan fingerprint density at radius 1 is 1.00 bits per heavy atom. The van der Waals surface area contributed by atoms with Crippen LogP contribution in [-0.4, -0.2) is 56.1 Å². The fraction of sp³-hybridized carbons (Fsp3) is 0.360. The number of ether oxygens (including phenoxy) is 2. The maximum atomic E-state index is 5.42. The van der Waals surface area contributed by atoms with Crippen LogP contribution in [0.1, 0.15) is 18.5 Å². The van der Waals surface area contributed by atoms with Crippen LogP contribution < -0.4 is 25.0 Å². The average molecular weight is 576 g/mol. The Hall–Kier alpha value is -2.95. The summed E-state index contributed by atoms with van der Waals surface area (Å²) in [5, 5.41) is 11.6. The highest BCUT2D eigenvalue weighted by atomic mass is 127. The van der Waals surface area contributed by atoms with E-state index in [4.69, 9.17) is 9.47 Å². The molecule has 0 spiro atoms. The van der Waals surface area contributed by atoms with Gasteiger partial charge in [0.05, 0.1) is 32.1 Å². The first-order valence-corrected chi connectivity index (χ1v) is 11.2. The minimum absolute atomic E-state index is 0. The molecular weight excluding hydrogens is 543 g/mol. The van der Waals surface area contributed by atoms with Crippen molar-refractivity contribution in [3.8, 4) is 17.2 Å². The van der Waals surface area contributed by atoms with E-state index in [1.165, 1.54) is 0 Å². The molecule has 34 heavy (non-hydrogen) atoms. The molecule has 1 fully saturated rings. The van der Waals surface area contributed by atoms with Gasteiger partial charge in [-0.25, -0.2) is 4.68 Å². The van der Waals surface area contributed by atoms with Crippen molar-refractivity contribution in [3.05, 3.63) is 66.5 Å². The molecule has 9 heteroatoms. The number of halogens is 1. The van der Waals surface area contributed by atoms with E-state index < -0.39 is 0 Å². The zero-order valence-electron chi connectivity index (χ0n) is 19.9. The summed E-state index contributed by atoms with van der Waals surface area (Å²) in [6, 6.07) is 18.5. The highest BCUT2D eigenvalue weighted by Gasteiger charge is 2.21. The summed E-state index contributed by atoms with van der Waals surface area (Å²) in [6.07, 6.45) is 4.01. The van der Waals surface area contributed by atoms with Crippen molar-refractivity contribution in [2.45, 2.75) is 25.4 Å². The van der Waals surface area contributed by atoms with Gasteiger partial charge in [-0.05, 0) is 31.0 Å². The molecule has 1 saturated heterocycles. The van der Waals surface area contributed by atoms with Crippen LogP contribution >= 0.6 is 24.0 Å². The Balaban J connectivity index is 0.00000324. The molecule has 2 aromatic carbocycles. The number of anilines is 1. The first-order valence-electron chi connectivity index (χ1n) is 11.2. The van der Waals surface area contributed by atoms with Gasteiger partial charge in [0.25, 0.3) is 0 Å². The molecule has 8 nitrogen and oxygen atoms in total. The molecule has 0 aliphatic carbocycles. The number of para-hydroxylation sites is 1. The van der Waals surface area contributed by atoms with Gasteiger partial charge >= 0.3 is 0 Å². The van der Waals surface area contributed by atoms with Gasteiger partial charge in [0, 0.05) is 56.3 Å². The van der Waals surface area contributed by atoms with Crippen molar-refractivity contribution in [2.75, 3.05) is 39.3 Å². The minimum atomic E-state index is 0. The lowest BCUT2D eigenvalue weighted by Gasteiger charge is -2.34. The van der Waals surface area contributed by atoms with Crippen molar-refractivity contribution >= 4 is 35.6 Å². The number of nitrogens with zero attached hydrogens (tertiary/aromatic N) is 4.